The number of carbonyl (C=O) groups is 1. The molecule has 0 bridgehead atoms. The normalized spacial score (nSPS) is 24.7. The molecule has 66 heavy (non-hydrogen) atoms. The first kappa shape index (κ1) is 44.3. The molecule has 1 spiro atoms. The zero-order valence-corrected chi connectivity index (χ0v) is 38.7. The highest BCUT2D eigenvalue weighted by atomic mass is 32.2. The van der Waals surface area contributed by atoms with Gasteiger partial charge >= 0.3 is 5.69 Å². The predicted octanol–water partition coefficient (Wildman–Crippen LogP) is 8.75. The average Bonchev–Trinajstić information content (AvgIpc) is 4.04. The van der Waals surface area contributed by atoms with Crippen molar-refractivity contribution in [3.05, 3.63) is 106 Å². The summed E-state index contributed by atoms with van der Waals surface area (Å²) in [6, 6.07) is 18.6. The Morgan fingerprint density at radius 3 is 2.48 bits per heavy atom. The molecule has 18 heteroatoms. The molecular formula is C48H57N9O7S2. The average molecular weight is 936 g/mol. The number of H-pyrrole nitrogens is 1. The summed E-state index contributed by atoms with van der Waals surface area (Å²) in [4.78, 5) is 41.4. The molecule has 5 fully saturated rings. The number of hydrogen-bond donors (Lipinski definition) is 4. The summed E-state index contributed by atoms with van der Waals surface area (Å²) in [6.07, 6.45) is 14.9. The van der Waals surface area contributed by atoms with E-state index in [0.717, 1.165) is 87.8 Å². The highest BCUT2D eigenvalue weighted by molar-refractivity contribution is 7.92. The maximum atomic E-state index is 14.0. The molecule has 348 valence electrons. The van der Waals surface area contributed by atoms with Crippen LogP contribution in [0.3, 0.4) is 0 Å². The van der Waals surface area contributed by atoms with E-state index in [1.807, 2.05) is 6.07 Å². The highest BCUT2D eigenvalue weighted by Gasteiger charge is 2.50. The van der Waals surface area contributed by atoms with Crippen molar-refractivity contribution < 1.29 is 27.1 Å². The van der Waals surface area contributed by atoms with Gasteiger partial charge in [0.15, 0.2) is 0 Å². The smallest absolute Gasteiger partial charge is 0.312 e. The number of nitrogens with one attached hydrogen (secondary N) is 4. The number of aromatic amines is 1. The molecule has 10 rings (SSSR count). The maximum absolute atomic E-state index is 14.0. The van der Waals surface area contributed by atoms with Gasteiger partial charge in [-0.25, -0.2) is 27.3 Å². The van der Waals surface area contributed by atoms with E-state index in [2.05, 4.69) is 66.0 Å². The van der Waals surface area contributed by atoms with Gasteiger partial charge in [0.2, 0.25) is 5.82 Å². The van der Waals surface area contributed by atoms with Crippen LogP contribution in [0.5, 0.6) is 11.5 Å². The molecule has 3 aliphatic carbocycles. The molecule has 2 saturated heterocycles. The lowest BCUT2D eigenvalue weighted by molar-refractivity contribution is -0.384. The van der Waals surface area contributed by atoms with Crippen LogP contribution in [0.25, 0.3) is 11.0 Å². The van der Waals surface area contributed by atoms with Gasteiger partial charge in [-0.05, 0) is 110 Å². The number of fused-ring (bicyclic) bond motifs is 1. The summed E-state index contributed by atoms with van der Waals surface area (Å²) in [7, 11) is -7.26. The van der Waals surface area contributed by atoms with E-state index in [0.29, 0.717) is 59.8 Å². The van der Waals surface area contributed by atoms with Crippen LogP contribution in [-0.2, 0) is 19.8 Å². The van der Waals surface area contributed by atoms with Crippen molar-refractivity contribution in [1.82, 2.24) is 24.6 Å². The molecule has 5 aliphatic rings. The molecule has 5 heterocycles. The second-order valence-corrected chi connectivity index (χ2v) is 23.5. The summed E-state index contributed by atoms with van der Waals surface area (Å²) in [5, 5.41) is 16.0. The largest absolute Gasteiger partial charge is 0.455 e. The van der Waals surface area contributed by atoms with Crippen LogP contribution in [0.1, 0.15) is 105 Å². The van der Waals surface area contributed by atoms with Crippen LogP contribution < -0.4 is 19.7 Å². The first-order chi connectivity index (χ1) is 31.7. The SMILES string of the molecule is C[C@H]1CC[C@@H](CNc2ncc(S(=O)(=O)NC(=O)c3ccc(N4CCC5(CC4)CC(N4CCS(=N)(=O)C[C@H]4c4ccccc4C4CC4)C5)cc3Oc3cnc4[nH]ccc4c3)cc2[N+](=O)[O-])CC1. The van der Waals surface area contributed by atoms with Gasteiger partial charge in [0.05, 0.1) is 28.6 Å². The Labute approximate surface area is 385 Å². The second-order valence-electron chi connectivity index (χ2n) is 19.5. The van der Waals surface area contributed by atoms with Crippen LogP contribution in [0, 0.1) is 32.1 Å². The summed E-state index contributed by atoms with van der Waals surface area (Å²) in [5.41, 5.74) is 3.72. The Hall–Kier alpha value is -5.59. The van der Waals surface area contributed by atoms with Gasteiger partial charge in [0.1, 0.15) is 22.0 Å². The van der Waals surface area contributed by atoms with Gasteiger partial charge in [-0.1, -0.05) is 44.0 Å². The standard InChI is InChI=1S/C48H57N9O7S2/c1-31-6-8-32(9-7-31)27-51-46-42(57(59)60)24-38(29-53-46)66(62,63)54-47(58)41-13-12-35(23-44(41)64-37-22-34-14-17-50-45(34)52-28-37)55-18-15-48(16-19-55)25-36(26-48)56-20-21-65(49,61)30-43(56)40-5-3-2-4-39(40)33-10-11-33/h2-5,12-14,17,22-24,28-29,31-33,36,43,49H,6-11,15-16,18-21,25-27,30H2,1H3,(H,50,52)(H,51,53)(H,54,58)/t31-,32+,43-,65?/m0/s1. The number of amides is 1. The number of ether oxygens (including phenoxy) is 1. The van der Waals surface area contributed by atoms with E-state index in [4.69, 9.17) is 9.52 Å². The monoisotopic (exact) mass is 935 g/mol. The summed E-state index contributed by atoms with van der Waals surface area (Å²) in [5.74, 6) is 1.83. The first-order valence-corrected chi connectivity index (χ1v) is 26.6. The van der Waals surface area contributed by atoms with E-state index in [1.54, 1.807) is 30.5 Å². The second kappa shape index (κ2) is 17.6. The molecule has 3 aromatic heterocycles. The number of carbonyl (C=O) groups excluding carboxylic acids is 1. The number of hydrogen-bond acceptors (Lipinski definition) is 13. The minimum atomic E-state index is -4.62. The molecule has 16 nitrogen and oxygen atoms in total. The molecule has 2 aromatic carbocycles. The van der Waals surface area contributed by atoms with Gasteiger partial charge in [-0.3, -0.25) is 24.6 Å². The molecule has 4 N–H and O–H groups in total. The van der Waals surface area contributed by atoms with Crippen molar-refractivity contribution in [2.24, 2.45) is 17.3 Å². The minimum Gasteiger partial charge on any atom is -0.455 e. The number of pyridine rings is 2. The van der Waals surface area contributed by atoms with Gasteiger partial charge < -0.3 is 19.9 Å². The van der Waals surface area contributed by atoms with E-state index < -0.39 is 41.2 Å². The van der Waals surface area contributed by atoms with Crippen LogP contribution in [0.15, 0.2) is 84.1 Å². The quantitative estimate of drug-likeness (QED) is 0.0644. The Morgan fingerprint density at radius 2 is 1.74 bits per heavy atom. The van der Waals surface area contributed by atoms with Crippen LogP contribution in [-0.4, -0.2) is 87.0 Å². The highest BCUT2D eigenvalue weighted by Crippen LogP contribution is 2.54. The van der Waals surface area contributed by atoms with Crippen molar-refractivity contribution in [3.63, 3.8) is 0 Å². The number of aromatic nitrogens is 3. The lowest BCUT2D eigenvalue weighted by Crippen LogP contribution is -2.58. The number of sulfonamides is 1. The topological polar surface area (TPSA) is 217 Å². The van der Waals surface area contributed by atoms with Crippen LogP contribution >= 0.6 is 0 Å². The molecule has 1 unspecified atom stereocenters. The zero-order chi connectivity index (χ0) is 45.8. The molecular weight excluding hydrogens is 879 g/mol. The van der Waals surface area contributed by atoms with Crippen molar-refractivity contribution in [2.45, 2.75) is 94.0 Å². The van der Waals surface area contributed by atoms with Gasteiger partial charge in [-0.15, -0.1) is 0 Å². The Morgan fingerprint density at radius 1 is 0.985 bits per heavy atom. The van der Waals surface area contributed by atoms with E-state index >= 15 is 0 Å². The molecule has 2 aliphatic heterocycles. The van der Waals surface area contributed by atoms with Gasteiger partial charge in [0.25, 0.3) is 15.9 Å². The summed E-state index contributed by atoms with van der Waals surface area (Å²) < 4.78 is 57.7. The fourth-order valence-electron chi connectivity index (χ4n) is 10.9. The van der Waals surface area contributed by atoms with E-state index in [-0.39, 0.29) is 28.6 Å². The first-order valence-electron chi connectivity index (χ1n) is 23.3. The number of nitro groups is 1. The van der Waals surface area contributed by atoms with Crippen molar-refractivity contribution in [3.8, 4) is 11.5 Å². The molecule has 2 atom stereocenters. The van der Waals surface area contributed by atoms with Crippen molar-refractivity contribution in [1.29, 1.82) is 4.78 Å². The Bertz CT molecular complexity index is 2880. The lowest BCUT2D eigenvalue weighted by atomic mass is 9.59. The number of benzene rings is 2. The Kier molecular flexibility index (Phi) is 11.8. The third-order valence-electron chi connectivity index (χ3n) is 15.0. The van der Waals surface area contributed by atoms with Crippen molar-refractivity contribution in [2.75, 3.05) is 47.9 Å². The number of anilines is 2. The van der Waals surface area contributed by atoms with Crippen LogP contribution in [0.2, 0.25) is 0 Å². The molecule has 1 amide bonds. The minimum absolute atomic E-state index is 0.00165. The van der Waals surface area contributed by atoms with E-state index in [1.165, 1.54) is 30.2 Å². The van der Waals surface area contributed by atoms with Crippen LogP contribution in [0.4, 0.5) is 17.2 Å². The number of rotatable bonds is 13. The zero-order valence-electron chi connectivity index (χ0n) is 37.1. The van der Waals surface area contributed by atoms with Crippen molar-refractivity contribution >= 4 is 53.9 Å². The van der Waals surface area contributed by atoms with E-state index in [9.17, 15) is 27.5 Å². The summed E-state index contributed by atoms with van der Waals surface area (Å²) in [6.45, 7) is 4.93. The van der Waals surface area contributed by atoms with Gasteiger partial charge in [0, 0.05) is 83.1 Å². The predicted molar refractivity (Wildman–Crippen MR) is 253 cm³/mol. The third kappa shape index (κ3) is 9.23. The maximum Gasteiger partial charge on any atom is 0.312 e. The lowest BCUT2D eigenvalue weighted by Gasteiger charge is -2.57. The van der Waals surface area contributed by atoms with Gasteiger partial charge in [-0.2, -0.15) is 0 Å². The Balaban J connectivity index is 0.843. The third-order valence-corrected chi connectivity index (χ3v) is 18.0. The molecule has 5 aromatic rings. The fraction of sp³-hybridized carbons (Fsp3) is 0.479. The fourth-order valence-corrected chi connectivity index (χ4v) is 13.4. The number of piperidine rings is 1. The summed E-state index contributed by atoms with van der Waals surface area (Å²) >= 11 is 0. The molecule has 0 radical (unpaired) electrons. The number of nitrogens with zero attached hydrogens (tertiary/aromatic N) is 5. The molecule has 3 saturated carbocycles.